The minimum Gasteiger partial charge on any atom is -0.496 e. The fourth-order valence-electron chi connectivity index (χ4n) is 1.85. The fraction of sp³-hybridized carbons (Fsp3) is 0.133. The third-order valence-electron chi connectivity index (χ3n) is 2.81. The Balaban J connectivity index is 2.27. The van der Waals surface area contributed by atoms with Gasteiger partial charge in [-0.1, -0.05) is 6.07 Å². The van der Waals surface area contributed by atoms with E-state index in [1.807, 2.05) is 0 Å². The third kappa shape index (κ3) is 3.28. The standard InChI is InChI=1S/C15H12F2O4/c1-20-12-6-5-10(16)7-9(12)8-21-13-4-2-3-11(17)14(13)15(18)19/h2-7H,8H2,1H3,(H,18,19). The Labute approximate surface area is 119 Å². The average molecular weight is 294 g/mol. The molecule has 0 aromatic heterocycles. The Bertz CT molecular complexity index is 671. The lowest BCUT2D eigenvalue weighted by atomic mass is 10.2. The Morgan fingerprint density at radius 3 is 2.62 bits per heavy atom. The molecule has 0 fully saturated rings. The van der Waals surface area contributed by atoms with E-state index < -0.39 is 23.2 Å². The Kier molecular flexibility index (Phi) is 4.37. The summed E-state index contributed by atoms with van der Waals surface area (Å²) in [6, 6.07) is 7.56. The van der Waals surface area contributed by atoms with Crippen molar-refractivity contribution in [3.8, 4) is 11.5 Å². The molecule has 110 valence electrons. The van der Waals surface area contributed by atoms with Crippen LogP contribution in [0.5, 0.6) is 11.5 Å². The quantitative estimate of drug-likeness (QED) is 0.919. The van der Waals surface area contributed by atoms with Crippen LogP contribution < -0.4 is 9.47 Å². The van der Waals surface area contributed by atoms with Crippen LogP contribution >= 0.6 is 0 Å². The van der Waals surface area contributed by atoms with E-state index in [9.17, 15) is 13.6 Å². The molecule has 2 aromatic rings. The summed E-state index contributed by atoms with van der Waals surface area (Å²) in [7, 11) is 1.42. The van der Waals surface area contributed by atoms with E-state index >= 15 is 0 Å². The van der Waals surface area contributed by atoms with E-state index in [0.29, 0.717) is 11.3 Å². The third-order valence-corrected chi connectivity index (χ3v) is 2.81. The summed E-state index contributed by atoms with van der Waals surface area (Å²) in [5.74, 6) is -2.55. The van der Waals surface area contributed by atoms with Crippen LogP contribution in [-0.4, -0.2) is 18.2 Å². The van der Waals surface area contributed by atoms with Crippen molar-refractivity contribution in [3.63, 3.8) is 0 Å². The van der Waals surface area contributed by atoms with Crippen LogP contribution in [0, 0.1) is 11.6 Å². The zero-order valence-corrected chi connectivity index (χ0v) is 11.1. The lowest BCUT2D eigenvalue weighted by Crippen LogP contribution is -2.06. The molecule has 0 aliphatic rings. The summed E-state index contributed by atoms with van der Waals surface area (Å²) < 4.78 is 37.1. The fourth-order valence-corrected chi connectivity index (χ4v) is 1.85. The second kappa shape index (κ2) is 6.21. The summed E-state index contributed by atoms with van der Waals surface area (Å²) in [5.41, 5.74) is -0.175. The number of hydrogen-bond donors (Lipinski definition) is 1. The molecule has 0 amide bonds. The van der Waals surface area contributed by atoms with Crippen LogP contribution in [0.15, 0.2) is 36.4 Å². The summed E-state index contributed by atoms with van der Waals surface area (Å²) in [6.07, 6.45) is 0. The number of rotatable bonds is 5. The number of hydrogen-bond acceptors (Lipinski definition) is 3. The van der Waals surface area contributed by atoms with Crippen LogP contribution in [0.1, 0.15) is 15.9 Å². The molecule has 0 radical (unpaired) electrons. The van der Waals surface area contributed by atoms with Crippen molar-refractivity contribution in [1.29, 1.82) is 0 Å². The Morgan fingerprint density at radius 2 is 1.95 bits per heavy atom. The molecule has 0 heterocycles. The van der Waals surface area contributed by atoms with Gasteiger partial charge >= 0.3 is 5.97 Å². The summed E-state index contributed by atoms with van der Waals surface area (Å²) in [5, 5.41) is 8.98. The molecule has 0 bridgehead atoms. The first-order valence-corrected chi connectivity index (χ1v) is 6.00. The van der Waals surface area contributed by atoms with Crippen molar-refractivity contribution in [3.05, 3.63) is 59.2 Å². The van der Waals surface area contributed by atoms with Gasteiger partial charge in [-0.2, -0.15) is 0 Å². The zero-order valence-electron chi connectivity index (χ0n) is 11.1. The van der Waals surface area contributed by atoms with Gasteiger partial charge in [-0.15, -0.1) is 0 Å². The van der Waals surface area contributed by atoms with Crippen molar-refractivity contribution in [2.45, 2.75) is 6.61 Å². The smallest absolute Gasteiger partial charge is 0.342 e. The van der Waals surface area contributed by atoms with E-state index in [1.165, 1.54) is 37.4 Å². The lowest BCUT2D eigenvalue weighted by Gasteiger charge is -2.12. The number of halogens is 2. The Hall–Kier alpha value is -2.63. The van der Waals surface area contributed by atoms with Crippen LogP contribution in [0.25, 0.3) is 0 Å². The van der Waals surface area contributed by atoms with Gasteiger partial charge in [0.1, 0.15) is 35.3 Å². The second-order valence-corrected chi connectivity index (χ2v) is 4.16. The molecular weight excluding hydrogens is 282 g/mol. The number of benzene rings is 2. The highest BCUT2D eigenvalue weighted by Crippen LogP contribution is 2.25. The first-order chi connectivity index (χ1) is 10.0. The van der Waals surface area contributed by atoms with E-state index in [2.05, 4.69) is 0 Å². The number of ether oxygens (including phenoxy) is 2. The second-order valence-electron chi connectivity index (χ2n) is 4.16. The van der Waals surface area contributed by atoms with E-state index in [0.717, 1.165) is 6.07 Å². The minimum atomic E-state index is -1.44. The van der Waals surface area contributed by atoms with Crippen molar-refractivity contribution >= 4 is 5.97 Å². The zero-order chi connectivity index (χ0) is 15.4. The SMILES string of the molecule is COc1ccc(F)cc1COc1cccc(F)c1C(=O)O. The normalized spacial score (nSPS) is 10.2. The average Bonchev–Trinajstić information content (AvgIpc) is 2.44. The molecule has 0 saturated carbocycles. The number of carboxylic acids is 1. The predicted molar refractivity (Wildman–Crippen MR) is 70.6 cm³/mol. The van der Waals surface area contributed by atoms with Gasteiger partial charge in [-0.3, -0.25) is 0 Å². The number of aromatic carboxylic acids is 1. The molecule has 0 saturated heterocycles. The molecule has 0 atom stereocenters. The minimum absolute atomic E-state index is 0.131. The molecule has 21 heavy (non-hydrogen) atoms. The first-order valence-electron chi connectivity index (χ1n) is 6.00. The van der Waals surface area contributed by atoms with Gasteiger partial charge in [0.15, 0.2) is 0 Å². The van der Waals surface area contributed by atoms with E-state index in [4.69, 9.17) is 14.6 Å². The number of carbonyl (C=O) groups is 1. The molecule has 0 spiro atoms. The highest BCUT2D eigenvalue weighted by molar-refractivity contribution is 5.91. The van der Waals surface area contributed by atoms with E-state index in [-0.39, 0.29) is 12.4 Å². The van der Waals surface area contributed by atoms with E-state index in [1.54, 1.807) is 0 Å². The molecule has 2 aromatic carbocycles. The maximum absolute atomic E-state index is 13.5. The lowest BCUT2D eigenvalue weighted by molar-refractivity contribution is 0.0686. The number of methoxy groups -OCH3 is 1. The van der Waals surface area contributed by atoms with Crippen LogP contribution in [0.2, 0.25) is 0 Å². The van der Waals surface area contributed by atoms with Gasteiger partial charge in [0, 0.05) is 5.56 Å². The van der Waals surface area contributed by atoms with Crippen molar-refractivity contribution < 1.29 is 28.2 Å². The van der Waals surface area contributed by atoms with Gasteiger partial charge < -0.3 is 14.6 Å². The molecule has 2 rings (SSSR count). The molecule has 0 aliphatic heterocycles. The molecule has 0 unspecified atom stereocenters. The summed E-state index contributed by atoms with van der Waals surface area (Å²) in [4.78, 5) is 11.0. The van der Waals surface area contributed by atoms with Crippen molar-refractivity contribution in [2.75, 3.05) is 7.11 Å². The molecule has 1 N–H and O–H groups in total. The predicted octanol–water partition coefficient (Wildman–Crippen LogP) is 3.25. The summed E-state index contributed by atoms with van der Waals surface area (Å²) in [6.45, 7) is -0.148. The largest absolute Gasteiger partial charge is 0.496 e. The van der Waals surface area contributed by atoms with Gasteiger partial charge in [0.2, 0.25) is 0 Å². The maximum atomic E-state index is 13.5. The monoisotopic (exact) mass is 294 g/mol. The molecule has 0 aliphatic carbocycles. The van der Waals surface area contributed by atoms with Gasteiger partial charge in [-0.25, -0.2) is 13.6 Å². The van der Waals surface area contributed by atoms with Crippen molar-refractivity contribution in [2.24, 2.45) is 0 Å². The molecule has 4 nitrogen and oxygen atoms in total. The number of carboxylic acid groups (broad SMARTS) is 1. The Morgan fingerprint density at radius 1 is 1.19 bits per heavy atom. The maximum Gasteiger partial charge on any atom is 0.342 e. The van der Waals surface area contributed by atoms with Crippen LogP contribution in [0.3, 0.4) is 0 Å². The molecular formula is C15H12F2O4. The van der Waals surface area contributed by atoms with Gasteiger partial charge in [-0.05, 0) is 30.3 Å². The first kappa shape index (κ1) is 14.8. The van der Waals surface area contributed by atoms with Crippen molar-refractivity contribution in [1.82, 2.24) is 0 Å². The van der Waals surface area contributed by atoms with Crippen LogP contribution in [-0.2, 0) is 6.61 Å². The topological polar surface area (TPSA) is 55.8 Å². The van der Waals surface area contributed by atoms with Crippen LogP contribution in [0.4, 0.5) is 8.78 Å². The highest BCUT2D eigenvalue weighted by Gasteiger charge is 2.17. The summed E-state index contributed by atoms with van der Waals surface area (Å²) >= 11 is 0. The molecule has 6 heteroatoms. The highest BCUT2D eigenvalue weighted by atomic mass is 19.1. The van der Waals surface area contributed by atoms with Gasteiger partial charge in [0.05, 0.1) is 7.11 Å². The van der Waals surface area contributed by atoms with Gasteiger partial charge in [0.25, 0.3) is 0 Å².